The number of nitrogens with two attached hydrogens (primary N) is 1. The van der Waals surface area contributed by atoms with E-state index in [4.69, 9.17) is 15.2 Å². The van der Waals surface area contributed by atoms with Gasteiger partial charge in [-0.15, -0.1) is 0 Å². The third-order valence-electron chi connectivity index (χ3n) is 5.36. The molecule has 1 saturated carbocycles. The maximum atomic E-state index is 15.3. The number of carbonyl (C=O) groups excluding carboxylic acids is 1. The van der Waals surface area contributed by atoms with Gasteiger partial charge in [-0.1, -0.05) is 19.3 Å². The molecular formula is C18H22FIN4O4S. The van der Waals surface area contributed by atoms with Crippen molar-refractivity contribution in [3.63, 3.8) is 0 Å². The van der Waals surface area contributed by atoms with E-state index in [1.807, 2.05) is 0 Å². The number of nitrogens with zero attached hydrogens (tertiary/aromatic N) is 3. The maximum absolute atomic E-state index is 15.3. The molecule has 1 aliphatic carbocycles. The van der Waals surface area contributed by atoms with Crippen LogP contribution in [0.3, 0.4) is 0 Å². The summed E-state index contributed by atoms with van der Waals surface area (Å²) in [6, 6.07) is 0. The summed E-state index contributed by atoms with van der Waals surface area (Å²) < 4.78 is 28.7. The Morgan fingerprint density at radius 2 is 2.17 bits per heavy atom. The predicted octanol–water partition coefficient (Wildman–Crippen LogP) is 3.42. The average Bonchev–Trinajstić information content (AvgIpc) is 3.20. The van der Waals surface area contributed by atoms with Crippen LogP contribution >= 0.6 is 34.4 Å². The number of nitrogen functional groups attached to an aromatic ring is 1. The van der Waals surface area contributed by atoms with E-state index in [9.17, 15) is 9.90 Å². The SMILES string of the molecule is Nc1ncnc2c1c(I)cn2[C@@H]1O[C@H](CO)[C@@H](OC(=O)SC2CCCCC2)[C@@H]1F. The number of fused-ring (bicyclic) bond motifs is 1. The molecule has 2 aliphatic rings. The topological polar surface area (TPSA) is 112 Å². The summed E-state index contributed by atoms with van der Waals surface area (Å²) in [4.78, 5) is 20.5. The monoisotopic (exact) mass is 536 g/mol. The number of hydrogen-bond acceptors (Lipinski definition) is 8. The van der Waals surface area contributed by atoms with Crippen LogP contribution in [-0.2, 0) is 9.47 Å². The Bertz CT molecular complexity index is 894. The predicted molar refractivity (Wildman–Crippen MR) is 115 cm³/mol. The van der Waals surface area contributed by atoms with Crippen molar-refractivity contribution in [3.05, 3.63) is 16.1 Å². The fourth-order valence-electron chi connectivity index (χ4n) is 3.92. The third kappa shape index (κ3) is 4.19. The van der Waals surface area contributed by atoms with Gasteiger partial charge in [0.1, 0.15) is 23.9 Å². The molecule has 4 atom stereocenters. The van der Waals surface area contributed by atoms with Crippen LogP contribution in [0.15, 0.2) is 12.5 Å². The minimum absolute atomic E-state index is 0.203. The van der Waals surface area contributed by atoms with Gasteiger partial charge in [-0.2, -0.15) is 0 Å². The van der Waals surface area contributed by atoms with Crippen LogP contribution in [0, 0.1) is 3.57 Å². The van der Waals surface area contributed by atoms with Crippen LogP contribution in [0.1, 0.15) is 38.3 Å². The Morgan fingerprint density at radius 3 is 2.90 bits per heavy atom. The lowest BCUT2D eigenvalue weighted by atomic mass is 10.0. The Labute approximate surface area is 184 Å². The highest BCUT2D eigenvalue weighted by atomic mass is 127. The number of aliphatic hydroxyl groups excluding tert-OH is 1. The molecule has 3 N–H and O–H groups in total. The fraction of sp³-hybridized carbons (Fsp3) is 0.611. The van der Waals surface area contributed by atoms with Crippen molar-refractivity contribution in [3.8, 4) is 0 Å². The second-order valence-electron chi connectivity index (χ2n) is 7.24. The van der Waals surface area contributed by atoms with Crippen molar-refractivity contribution in [1.82, 2.24) is 14.5 Å². The summed E-state index contributed by atoms with van der Waals surface area (Å²) in [5, 5.41) is 9.96. The lowest BCUT2D eigenvalue weighted by Crippen LogP contribution is -2.35. The molecular weight excluding hydrogens is 514 g/mol. The summed E-state index contributed by atoms with van der Waals surface area (Å²) in [7, 11) is 0. The Hall–Kier alpha value is -1.18. The molecule has 0 radical (unpaired) electrons. The van der Waals surface area contributed by atoms with Gasteiger partial charge in [0, 0.05) is 15.0 Å². The Kier molecular flexibility index (Phi) is 6.47. The fourth-order valence-corrected chi connectivity index (χ4v) is 5.75. The number of thioether (sulfide) groups is 1. The van der Waals surface area contributed by atoms with Crippen molar-refractivity contribution in [2.75, 3.05) is 12.3 Å². The highest BCUT2D eigenvalue weighted by Gasteiger charge is 2.49. The number of ether oxygens (including phenoxy) is 2. The zero-order valence-corrected chi connectivity index (χ0v) is 18.5. The highest BCUT2D eigenvalue weighted by molar-refractivity contribution is 14.1. The minimum Gasteiger partial charge on any atom is -0.448 e. The van der Waals surface area contributed by atoms with Crippen molar-refractivity contribution in [2.45, 2.75) is 62.0 Å². The molecule has 0 bridgehead atoms. The number of alkyl halides is 1. The lowest BCUT2D eigenvalue weighted by Gasteiger charge is -2.22. The van der Waals surface area contributed by atoms with Crippen LogP contribution in [0.5, 0.6) is 0 Å². The van der Waals surface area contributed by atoms with Crippen molar-refractivity contribution in [2.24, 2.45) is 0 Å². The van der Waals surface area contributed by atoms with Crippen molar-refractivity contribution < 1.29 is 23.8 Å². The smallest absolute Gasteiger partial charge is 0.368 e. The van der Waals surface area contributed by atoms with E-state index in [-0.39, 0.29) is 11.1 Å². The quantitative estimate of drug-likeness (QED) is 0.452. The zero-order valence-electron chi connectivity index (χ0n) is 15.5. The van der Waals surface area contributed by atoms with E-state index >= 15 is 4.39 Å². The van der Waals surface area contributed by atoms with Crippen molar-refractivity contribution in [1.29, 1.82) is 0 Å². The van der Waals surface area contributed by atoms with Crippen LogP contribution in [0.2, 0.25) is 0 Å². The summed E-state index contributed by atoms with van der Waals surface area (Å²) in [5.74, 6) is 0.289. The summed E-state index contributed by atoms with van der Waals surface area (Å²) in [5.41, 5.74) is 6.35. The van der Waals surface area contributed by atoms with Gasteiger partial charge in [-0.25, -0.2) is 19.2 Å². The molecule has 29 heavy (non-hydrogen) atoms. The van der Waals surface area contributed by atoms with E-state index in [0.29, 0.717) is 11.0 Å². The first-order chi connectivity index (χ1) is 14.0. The summed E-state index contributed by atoms with van der Waals surface area (Å²) in [6.07, 6.45) is 3.35. The van der Waals surface area contributed by atoms with Crippen LogP contribution in [-0.4, -0.2) is 55.2 Å². The first-order valence-corrected chi connectivity index (χ1v) is 11.5. The molecule has 1 aliphatic heterocycles. The summed E-state index contributed by atoms with van der Waals surface area (Å²) in [6.45, 7) is -0.462. The first kappa shape index (κ1) is 21.1. The van der Waals surface area contributed by atoms with Gasteiger partial charge in [0.15, 0.2) is 18.5 Å². The second kappa shape index (κ2) is 8.90. The summed E-state index contributed by atoms with van der Waals surface area (Å²) >= 11 is 3.19. The first-order valence-electron chi connectivity index (χ1n) is 9.53. The van der Waals surface area contributed by atoms with Gasteiger partial charge >= 0.3 is 5.30 Å². The van der Waals surface area contributed by atoms with Crippen LogP contribution < -0.4 is 5.73 Å². The number of rotatable bonds is 4. The lowest BCUT2D eigenvalue weighted by molar-refractivity contribution is -0.0459. The van der Waals surface area contributed by atoms with Crippen LogP contribution in [0.4, 0.5) is 15.0 Å². The zero-order chi connectivity index (χ0) is 20.5. The van der Waals surface area contributed by atoms with Gasteiger partial charge in [0.2, 0.25) is 0 Å². The number of aromatic nitrogens is 3. The second-order valence-corrected chi connectivity index (χ2v) is 9.64. The minimum atomic E-state index is -1.66. The van der Waals surface area contributed by atoms with Gasteiger partial charge in [-0.05, 0) is 47.2 Å². The molecule has 11 heteroatoms. The number of anilines is 1. The molecule has 2 fully saturated rings. The largest absolute Gasteiger partial charge is 0.448 e. The van der Waals surface area contributed by atoms with Crippen molar-refractivity contribution >= 4 is 56.5 Å². The van der Waals surface area contributed by atoms with Gasteiger partial charge < -0.3 is 24.9 Å². The third-order valence-corrected chi connectivity index (χ3v) is 7.27. The van der Waals surface area contributed by atoms with Gasteiger partial charge in [0.25, 0.3) is 0 Å². The molecule has 0 unspecified atom stereocenters. The Morgan fingerprint density at radius 1 is 1.41 bits per heavy atom. The molecule has 0 amide bonds. The number of hydrogen-bond donors (Lipinski definition) is 2. The number of halogens is 2. The number of carbonyl (C=O) groups is 1. The van der Waals surface area contributed by atoms with E-state index in [1.165, 1.54) is 17.3 Å². The molecule has 4 rings (SSSR count). The average molecular weight is 536 g/mol. The van der Waals surface area contributed by atoms with Crippen LogP contribution in [0.25, 0.3) is 11.0 Å². The molecule has 0 spiro atoms. The molecule has 0 aromatic carbocycles. The van der Waals surface area contributed by atoms with Gasteiger partial charge in [-0.3, -0.25) is 0 Å². The molecule has 2 aromatic heterocycles. The molecule has 8 nitrogen and oxygen atoms in total. The molecule has 1 saturated heterocycles. The maximum Gasteiger partial charge on any atom is 0.368 e. The standard InChI is InChI=1S/C18H22FIN4O4S/c19-13-14(28-18(26)29-9-4-2-1-3-5-9)11(7-25)27-17(13)24-6-10(20)12-15(21)22-8-23-16(12)24/h6,8-9,11,13-14,17,25H,1-5,7H2,(H2,21,22,23)/t11-,13+,14-,17-/m1/s1. The number of aliphatic hydroxyl groups is 1. The van der Waals surface area contributed by atoms with E-state index in [1.54, 1.807) is 6.20 Å². The van der Waals surface area contributed by atoms with E-state index in [0.717, 1.165) is 41.0 Å². The molecule has 3 heterocycles. The molecule has 2 aromatic rings. The highest BCUT2D eigenvalue weighted by Crippen LogP contribution is 2.39. The Balaban J connectivity index is 1.52. The normalized spacial score (nSPS) is 28.1. The molecule has 158 valence electrons. The van der Waals surface area contributed by atoms with E-state index < -0.39 is 36.5 Å². The van der Waals surface area contributed by atoms with Gasteiger partial charge in [0.05, 0.1) is 12.0 Å². The van der Waals surface area contributed by atoms with E-state index in [2.05, 4.69) is 32.6 Å².